The normalized spacial score (nSPS) is 10.4. The number of benzene rings is 1. The van der Waals surface area contributed by atoms with Gasteiger partial charge in [-0.05, 0) is 40.2 Å². The Labute approximate surface area is 105 Å². The molecule has 0 saturated heterocycles. The highest BCUT2D eigenvalue weighted by Crippen LogP contribution is 2.28. The van der Waals surface area contributed by atoms with Crippen molar-refractivity contribution in [2.45, 2.75) is 0 Å². The zero-order valence-corrected chi connectivity index (χ0v) is 11.7. The predicted molar refractivity (Wildman–Crippen MR) is 73.0 cm³/mol. The standard InChI is InChI=1S/C8H7BrIN2OP/c9-5-1-2-8(12-14-10)6(3-5)7(11)4-13/h1-4,11-12,14H. The van der Waals surface area contributed by atoms with Gasteiger partial charge in [0.2, 0.25) is 0 Å². The Bertz CT molecular complexity index is 372. The van der Waals surface area contributed by atoms with E-state index in [1.54, 1.807) is 6.07 Å². The average Bonchev–Trinajstić information content (AvgIpc) is 2.20. The maximum atomic E-state index is 10.5. The molecule has 1 rings (SSSR count). The lowest BCUT2D eigenvalue weighted by Gasteiger charge is -2.08. The summed E-state index contributed by atoms with van der Waals surface area (Å²) in [5, 5.41) is 10.6. The van der Waals surface area contributed by atoms with Gasteiger partial charge in [-0.15, -0.1) is 0 Å². The van der Waals surface area contributed by atoms with Crippen LogP contribution in [0.2, 0.25) is 0 Å². The first-order chi connectivity index (χ1) is 6.69. The number of rotatable bonds is 4. The fourth-order valence-electron chi connectivity index (χ4n) is 0.963. The molecule has 0 bridgehead atoms. The topological polar surface area (TPSA) is 53.0 Å². The summed E-state index contributed by atoms with van der Waals surface area (Å²) in [5.41, 5.74) is 1.43. The van der Waals surface area contributed by atoms with Crippen LogP contribution in [0.15, 0.2) is 22.7 Å². The molecule has 0 spiro atoms. The maximum absolute atomic E-state index is 10.5. The van der Waals surface area contributed by atoms with Crippen molar-refractivity contribution < 1.29 is 4.79 Å². The number of aldehydes is 1. The van der Waals surface area contributed by atoms with Gasteiger partial charge in [0.1, 0.15) is 5.71 Å². The van der Waals surface area contributed by atoms with Crippen molar-refractivity contribution >= 4 is 62.0 Å². The number of hydrogen-bond donors (Lipinski definition) is 2. The molecule has 0 radical (unpaired) electrons. The SMILES string of the molecule is N=C(C=O)c1cc(Br)ccc1NPI. The summed E-state index contributed by atoms with van der Waals surface area (Å²) in [6, 6.07) is 5.49. The summed E-state index contributed by atoms with van der Waals surface area (Å²) in [4.78, 5) is 10.5. The lowest BCUT2D eigenvalue weighted by Crippen LogP contribution is -2.03. The Hall–Kier alpha value is -0.000000000000000222. The molecule has 3 nitrogen and oxygen atoms in total. The van der Waals surface area contributed by atoms with Crippen LogP contribution in [-0.4, -0.2) is 12.0 Å². The molecular formula is C8H7BrIN2OP. The van der Waals surface area contributed by atoms with Crippen LogP contribution >= 0.6 is 44.3 Å². The number of halogens is 2. The van der Waals surface area contributed by atoms with Crippen molar-refractivity contribution in [3.63, 3.8) is 0 Å². The van der Waals surface area contributed by atoms with Crippen molar-refractivity contribution in [3.8, 4) is 0 Å². The second-order valence-electron chi connectivity index (χ2n) is 2.44. The molecule has 0 aromatic heterocycles. The molecule has 14 heavy (non-hydrogen) atoms. The van der Waals surface area contributed by atoms with Crippen molar-refractivity contribution in [3.05, 3.63) is 28.2 Å². The second kappa shape index (κ2) is 5.78. The molecule has 0 aliphatic heterocycles. The molecule has 6 heteroatoms. The highest BCUT2D eigenvalue weighted by atomic mass is 127. The summed E-state index contributed by atoms with van der Waals surface area (Å²) in [7, 11) is 0. The molecule has 0 amide bonds. The van der Waals surface area contributed by atoms with Gasteiger partial charge < -0.3 is 5.09 Å². The van der Waals surface area contributed by atoms with Gasteiger partial charge in [-0.25, -0.2) is 0 Å². The molecule has 0 aliphatic rings. The predicted octanol–water partition coefficient (Wildman–Crippen LogP) is 3.37. The van der Waals surface area contributed by atoms with Crippen LogP contribution in [0.5, 0.6) is 0 Å². The van der Waals surface area contributed by atoms with E-state index in [-0.39, 0.29) is 5.71 Å². The van der Waals surface area contributed by atoms with Crippen LogP contribution in [0.3, 0.4) is 0 Å². The molecule has 0 saturated carbocycles. The van der Waals surface area contributed by atoms with Crippen LogP contribution in [0.25, 0.3) is 0 Å². The molecule has 1 atom stereocenters. The van der Waals surface area contributed by atoms with E-state index in [4.69, 9.17) is 5.41 Å². The fraction of sp³-hybridized carbons (Fsp3) is 0. The molecule has 0 fully saturated rings. The van der Waals surface area contributed by atoms with E-state index in [1.807, 2.05) is 12.1 Å². The fourth-order valence-corrected chi connectivity index (χ4v) is 2.52. The molecule has 74 valence electrons. The number of carbonyl (C=O) groups excluding carboxylic acids is 1. The van der Waals surface area contributed by atoms with Gasteiger partial charge in [0, 0.05) is 22.1 Å². The van der Waals surface area contributed by atoms with E-state index in [9.17, 15) is 4.79 Å². The molecule has 2 N–H and O–H groups in total. The third-order valence-electron chi connectivity index (χ3n) is 1.57. The first-order valence-electron chi connectivity index (χ1n) is 3.64. The first kappa shape index (κ1) is 12.1. The van der Waals surface area contributed by atoms with Crippen LogP contribution in [-0.2, 0) is 4.79 Å². The van der Waals surface area contributed by atoms with E-state index >= 15 is 0 Å². The molecule has 1 aromatic rings. The summed E-state index contributed by atoms with van der Waals surface area (Å²) in [6.45, 7) is 0. The minimum absolute atomic E-state index is 0.0107. The number of hydrogen-bond acceptors (Lipinski definition) is 3. The number of carbonyl (C=O) groups is 1. The van der Waals surface area contributed by atoms with Crippen molar-refractivity contribution in [2.75, 3.05) is 5.09 Å². The molecule has 0 heterocycles. The lowest BCUT2D eigenvalue weighted by atomic mass is 10.1. The Morgan fingerprint density at radius 2 is 2.36 bits per heavy atom. The Kier molecular flexibility index (Phi) is 4.98. The highest BCUT2D eigenvalue weighted by molar-refractivity contribution is 14.2. The average molecular weight is 385 g/mol. The van der Waals surface area contributed by atoms with Gasteiger partial charge in [-0.1, -0.05) is 15.9 Å². The summed E-state index contributed by atoms with van der Waals surface area (Å²) in [5.74, 6) is 0. The van der Waals surface area contributed by atoms with E-state index < -0.39 is 0 Å². The van der Waals surface area contributed by atoms with Gasteiger partial charge >= 0.3 is 0 Å². The van der Waals surface area contributed by atoms with Crippen molar-refractivity contribution in [1.82, 2.24) is 0 Å². The van der Waals surface area contributed by atoms with Gasteiger partial charge in [-0.2, -0.15) is 0 Å². The quantitative estimate of drug-likeness (QED) is 0.362. The Morgan fingerprint density at radius 1 is 1.64 bits per heavy atom. The Balaban J connectivity index is 3.14. The second-order valence-corrected chi connectivity index (χ2v) is 5.41. The van der Waals surface area contributed by atoms with Gasteiger partial charge in [0.15, 0.2) is 6.29 Å². The first-order valence-corrected chi connectivity index (χ1v) is 8.55. The minimum atomic E-state index is -0.0107. The van der Waals surface area contributed by atoms with Gasteiger partial charge in [0.25, 0.3) is 0 Å². The molecule has 1 unspecified atom stereocenters. The van der Waals surface area contributed by atoms with E-state index in [2.05, 4.69) is 43.1 Å². The largest absolute Gasteiger partial charge is 0.358 e. The van der Waals surface area contributed by atoms with Gasteiger partial charge in [0.05, 0.1) is 0 Å². The third kappa shape index (κ3) is 3.00. The number of anilines is 1. The van der Waals surface area contributed by atoms with Crippen LogP contribution < -0.4 is 5.09 Å². The third-order valence-corrected chi connectivity index (χ3v) is 3.24. The summed E-state index contributed by atoms with van der Waals surface area (Å²) in [6.07, 6.45) is 1.06. The highest BCUT2D eigenvalue weighted by Gasteiger charge is 2.07. The zero-order valence-electron chi connectivity index (χ0n) is 6.97. The zero-order chi connectivity index (χ0) is 10.6. The summed E-state index contributed by atoms with van der Waals surface area (Å²) >= 11 is 5.50. The minimum Gasteiger partial charge on any atom is -0.358 e. The molecular weight excluding hydrogens is 378 g/mol. The summed E-state index contributed by atoms with van der Waals surface area (Å²) < 4.78 is 0.862. The molecule has 1 aromatic carbocycles. The lowest BCUT2D eigenvalue weighted by molar-refractivity contribution is -0.102. The number of nitrogens with one attached hydrogen (secondary N) is 2. The van der Waals surface area contributed by atoms with Gasteiger partial charge in [-0.3, -0.25) is 10.2 Å². The smallest absolute Gasteiger partial charge is 0.168 e. The Morgan fingerprint density at radius 3 is 2.93 bits per heavy atom. The molecule has 0 aliphatic carbocycles. The van der Waals surface area contributed by atoms with E-state index in [0.29, 0.717) is 18.2 Å². The monoisotopic (exact) mass is 384 g/mol. The van der Waals surface area contributed by atoms with Crippen molar-refractivity contribution in [1.29, 1.82) is 5.41 Å². The van der Waals surface area contributed by atoms with Crippen LogP contribution in [0, 0.1) is 5.41 Å². The van der Waals surface area contributed by atoms with Crippen molar-refractivity contribution in [2.24, 2.45) is 0 Å². The van der Waals surface area contributed by atoms with Crippen LogP contribution in [0.4, 0.5) is 5.69 Å². The van der Waals surface area contributed by atoms with Crippen LogP contribution in [0.1, 0.15) is 5.56 Å². The van der Waals surface area contributed by atoms with E-state index in [0.717, 1.165) is 10.2 Å². The van der Waals surface area contributed by atoms with E-state index in [1.165, 1.54) is 0 Å². The maximum Gasteiger partial charge on any atom is 0.168 e.